The van der Waals surface area contributed by atoms with E-state index in [2.05, 4.69) is 0 Å². The zero-order valence-corrected chi connectivity index (χ0v) is 6.83. The first-order valence-corrected chi connectivity index (χ1v) is 3.53. The lowest BCUT2D eigenvalue weighted by molar-refractivity contribution is -0.117. The van der Waals surface area contributed by atoms with Gasteiger partial charge in [0.25, 0.3) is 0 Å². The fourth-order valence-electron chi connectivity index (χ4n) is 0.763. The number of carbonyl (C=O) groups is 2. The van der Waals surface area contributed by atoms with Crippen LogP contribution < -0.4 is 11.5 Å². The SMILES string of the molecule is CC(BC(C)C(N)=O)C(N)=O. The van der Waals surface area contributed by atoms with E-state index in [4.69, 9.17) is 11.5 Å². The van der Waals surface area contributed by atoms with Crippen molar-refractivity contribution >= 4 is 19.1 Å². The molecule has 0 aromatic rings. The number of hydrogen-bond donors (Lipinski definition) is 2. The van der Waals surface area contributed by atoms with Gasteiger partial charge in [-0.1, -0.05) is 13.8 Å². The van der Waals surface area contributed by atoms with Crippen molar-refractivity contribution in [3.05, 3.63) is 0 Å². The maximum absolute atomic E-state index is 10.5. The summed E-state index contributed by atoms with van der Waals surface area (Å²) in [4.78, 5) is 21.1. The Balaban J connectivity index is 3.84. The fourth-order valence-corrected chi connectivity index (χ4v) is 0.763. The van der Waals surface area contributed by atoms with E-state index in [1.54, 1.807) is 13.8 Å². The van der Waals surface area contributed by atoms with Crippen molar-refractivity contribution in [3.63, 3.8) is 0 Å². The second kappa shape index (κ2) is 4.00. The number of hydrogen-bond acceptors (Lipinski definition) is 2. The van der Waals surface area contributed by atoms with Gasteiger partial charge in [0.2, 0.25) is 11.8 Å². The fraction of sp³-hybridized carbons (Fsp3) is 0.667. The predicted molar refractivity (Wildman–Crippen MR) is 44.4 cm³/mol. The van der Waals surface area contributed by atoms with Crippen LogP contribution in [0.3, 0.4) is 0 Å². The molecule has 0 saturated carbocycles. The third-order valence-corrected chi connectivity index (χ3v) is 1.68. The molecular formula is C6H13BN2O2. The van der Waals surface area contributed by atoms with Crippen molar-refractivity contribution in [1.82, 2.24) is 0 Å². The van der Waals surface area contributed by atoms with Gasteiger partial charge >= 0.3 is 0 Å². The van der Waals surface area contributed by atoms with Gasteiger partial charge in [0, 0.05) is 11.6 Å². The molecule has 0 rings (SSSR count). The molecule has 0 aliphatic rings. The Kier molecular flexibility index (Phi) is 3.64. The van der Waals surface area contributed by atoms with Gasteiger partial charge in [-0.15, -0.1) is 0 Å². The molecule has 0 aromatic carbocycles. The van der Waals surface area contributed by atoms with Gasteiger partial charge in [0.1, 0.15) is 0 Å². The Morgan fingerprint density at radius 2 is 1.36 bits per heavy atom. The van der Waals surface area contributed by atoms with Crippen LogP contribution in [-0.4, -0.2) is 19.1 Å². The highest BCUT2D eigenvalue weighted by Gasteiger charge is 2.18. The van der Waals surface area contributed by atoms with Crippen molar-refractivity contribution < 1.29 is 9.59 Å². The number of carbonyl (C=O) groups excluding carboxylic acids is 2. The molecule has 4 N–H and O–H groups in total. The number of nitrogens with two attached hydrogens (primary N) is 2. The summed E-state index contributed by atoms with van der Waals surface area (Å²) in [6.45, 7) is 3.36. The van der Waals surface area contributed by atoms with Crippen LogP contribution in [0.15, 0.2) is 0 Å². The van der Waals surface area contributed by atoms with Crippen LogP contribution >= 0.6 is 0 Å². The van der Waals surface area contributed by atoms with Crippen LogP contribution in [0.1, 0.15) is 13.8 Å². The lowest BCUT2D eigenvalue weighted by Gasteiger charge is -2.08. The molecule has 11 heavy (non-hydrogen) atoms. The predicted octanol–water partition coefficient (Wildman–Crippen LogP) is -0.990. The summed E-state index contributed by atoms with van der Waals surface area (Å²) in [5, 5.41) is 0. The minimum absolute atomic E-state index is 0.280. The summed E-state index contributed by atoms with van der Waals surface area (Å²) in [5.74, 6) is -1.34. The molecule has 0 saturated heterocycles. The molecule has 0 heterocycles. The average Bonchev–Trinajstić information content (AvgIpc) is 1.87. The van der Waals surface area contributed by atoms with E-state index < -0.39 is 11.8 Å². The third kappa shape index (κ3) is 3.65. The van der Waals surface area contributed by atoms with Crippen molar-refractivity contribution in [3.8, 4) is 0 Å². The van der Waals surface area contributed by atoms with E-state index in [0.29, 0.717) is 7.28 Å². The van der Waals surface area contributed by atoms with Crippen LogP contribution in [0.5, 0.6) is 0 Å². The molecule has 0 aliphatic heterocycles. The molecule has 2 amide bonds. The van der Waals surface area contributed by atoms with Gasteiger partial charge in [-0.05, 0) is 0 Å². The molecule has 0 aromatic heterocycles. The minimum atomic E-state index is -0.391. The molecule has 62 valence electrons. The van der Waals surface area contributed by atoms with Crippen LogP contribution in [0, 0.1) is 0 Å². The molecule has 4 nitrogen and oxygen atoms in total. The maximum Gasteiger partial charge on any atom is 0.212 e. The summed E-state index contributed by atoms with van der Waals surface area (Å²) in [6.07, 6.45) is 0. The van der Waals surface area contributed by atoms with E-state index in [9.17, 15) is 9.59 Å². The van der Waals surface area contributed by atoms with E-state index >= 15 is 0 Å². The van der Waals surface area contributed by atoms with Crippen LogP contribution in [0.25, 0.3) is 0 Å². The maximum atomic E-state index is 10.5. The first kappa shape index (κ1) is 10.0. The monoisotopic (exact) mass is 156 g/mol. The molecular weight excluding hydrogens is 143 g/mol. The lowest BCUT2D eigenvalue weighted by Crippen LogP contribution is -2.28. The van der Waals surface area contributed by atoms with Gasteiger partial charge in [-0.3, -0.25) is 9.59 Å². The van der Waals surface area contributed by atoms with Crippen molar-refractivity contribution in [2.24, 2.45) is 11.5 Å². The lowest BCUT2D eigenvalue weighted by atomic mass is 9.55. The second-order valence-electron chi connectivity index (χ2n) is 2.84. The van der Waals surface area contributed by atoms with Crippen molar-refractivity contribution in [2.75, 3.05) is 0 Å². The smallest absolute Gasteiger partial charge is 0.212 e. The van der Waals surface area contributed by atoms with Gasteiger partial charge < -0.3 is 11.5 Å². The summed E-state index contributed by atoms with van der Waals surface area (Å²) >= 11 is 0. The van der Waals surface area contributed by atoms with E-state index in [1.165, 1.54) is 0 Å². The number of primary amides is 2. The summed E-state index contributed by atoms with van der Waals surface area (Å²) < 4.78 is 0. The highest BCUT2D eigenvalue weighted by Crippen LogP contribution is 2.09. The van der Waals surface area contributed by atoms with Crippen molar-refractivity contribution in [1.29, 1.82) is 0 Å². The van der Waals surface area contributed by atoms with Gasteiger partial charge in [0.15, 0.2) is 7.28 Å². The molecule has 2 unspecified atom stereocenters. The van der Waals surface area contributed by atoms with Gasteiger partial charge in [-0.25, -0.2) is 0 Å². The highest BCUT2D eigenvalue weighted by molar-refractivity contribution is 6.50. The molecule has 0 radical (unpaired) electrons. The molecule has 0 spiro atoms. The molecule has 0 aliphatic carbocycles. The standard InChI is InChI=1S/C6H13BN2O2/c1-3(5(8)10)7-4(2)6(9)11/h3-4,7H,1-2H3,(H2,8,10)(H2,9,11). The first-order chi connectivity index (χ1) is 4.95. The largest absolute Gasteiger partial charge is 0.370 e. The first-order valence-electron chi connectivity index (χ1n) is 3.53. The van der Waals surface area contributed by atoms with Crippen molar-refractivity contribution in [2.45, 2.75) is 25.5 Å². The second-order valence-corrected chi connectivity index (χ2v) is 2.84. The molecule has 0 bridgehead atoms. The molecule has 0 fully saturated rings. The average molecular weight is 156 g/mol. The Labute approximate surface area is 66.6 Å². The Morgan fingerprint density at radius 1 is 1.09 bits per heavy atom. The highest BCUT2D eigenvalue weighted by atomic mass is 16.1. The Morgan fingerprint density at radius 3 is 1.55 bits per heavy atom. The van der Waals surface area contributed by atoms with E-state index in [1.807, 2.05) is 0 Å². The van der Waals surface area contributed by atoms with Crippen LogP contribution in [-0.2, 0) is 9.59 Å². The van der Waals surface area contributed by atoms with Crippen LogP contribution in [0.4, 0.5) is 0 Å². The zero-order valence-electron chi connectivity index (χ0n) is 6.83. The Bertz CT molecular complexity index is 154. The van der Waals surface area contributed by atoms with Gasteiger partial charge in [-0.2, -0.15) is 0 Å². The van der Waals surface area contributed by atoms with Gasteiger partial charge in [0.05, 0.1) is 0 Å². The number of rotatable bonds is 4. The minimum Gasteiger partial charge on any atom is -0.370 e. The summed E-state index contributed by atoms with van der Waals surface area (Å²) in [7, 11) is 0.435. The normalized spacial score (nSPS) is 15.1. The third-order valence-electron chi connectivity index (χ3n) is 1.68. The van der Waals surface area contributed by atoms with E-state index in [-0.39, 0.29) is 11.6 Å². The van der Waals surface area contributed by atoms with E-state index in [0.717, 1.165) is 0 Å². The Hall–Kier alpha value is -0.995. The molecule has 2 atom stereocenters. The zero-order chi connectivity index (χ0) is 9.02. The topological polar surface area (TPSA) is 86.2 Å². The summed E-state index contributed by atoms with van der Waals surface area (Å²) in [5.41, 5.74) is 9.99. The van der Waals surface area contributed by atoms with Crippen LogP contribution in [0.2, 0.25) is 11.6 Å². The molecule has 5 heteroatoms. The summed E-state index contributed by atoms with van der Waals surface area (Å²) in [6, 6.07) is 0. The number of amides is 2. The quantitative estimate of drug-likeness (QED) is 0.512.